The molecule has 3 nitrogen and oxygen atoms in total. The average molecular weight is 290 g/mol. The second-order valence-corrected chi connectivity index (χ2v) is 6.60. The van der Waals surface area contributed by atoms with Gasteiger partial charge in [0.15, 0.2) is 0 Å². The monoisotopic (exact) mass is 290 g/mol. The van der Waals surface area contributed by atoms with E-state index in [1.807, 2.05) is 6.07 Å². The Morgan fingerprint density at radius 2 is 1.95 bits per heavy atom. The summed E-state index contributed by atoms with van der Waals surface area (Å²) in [4.78, 5) is 2.40. The number of likely N-dealkylation sites (N-methyl/N-ethyl adjacent to an activating group) is 1. The van der Waals surface area contributed by atoms with E-state index in [4.69, 9.17) is 10.5 Å². The van der Waals surface area contributed by atoms with Crippen molar-refractivity contribution in [2.45, 2.75) is 51.3 Å². The molecule has 0 amide bonds. The van der Waals surface area contributed by atoms with E-state index in [-0.39, 0.29) is 6.04 Å². The first-order chi connectivity index (χ1) is 10.1. The fourth-order valence-electron chi connectivity index (χ4n) is 3.46. The maximum absolute atomic E-state index is 6.56. The third kappa shape index (κ3) is 4.53. The molecule has 3 atom stereocenters. The van der Waals surface area contributed by atoms with Gasteiger partial charge in [-0.3, -0.25) is 4.90 Å². The molecule has 0 aromatic heterocycles. The molecule has 0 saturated carbocycles. The highest BCUT2D eigenvalue weighted by atomic mass is 16.5. The van der Waals surface area contributed by atoms with Crippen LogP contribution in [0.3, 0.4) is 0 Å². The zero-order valence-electron chi connectivity index (χ0n) is 13.7. The van der Waals surface area contributed by atoms with Crippen LogP contribution in [0, 0.1) is 5.92 Å². The number of benzene rings is 1. The van der Waals surface area contributed by atoms with Crippen LogP contribution >= 0.6 is 0 Å². The lowest BCUT2D eigenvalue weighted by molar-refractivity contribution is -0.0142. The zero-order valence-corrected chi connectivity index (χ0v) is 13.7. The third-order valence-electron chi connectivity index (χ3n) is 4.51. The quantitative estimate of drug-likeness (QED) is 0.874. The first-order valence-corrected chi connectivity index (χ1v) is 8.22. The van der Waals surface area contributed by atoms with Crippen LogP contribution in [0.15, 0.2) is 30.3 Å². The molecule has 0 aliphatic carbocycles. The number of hydrogen-bond donors (Lipinski definition) is 1. The summed E-state index contributed by atoms with van der Waals surface area (Å²) in [5.41, 5.74) is 7.78. The largest absolute Gasteiger partial charge is 0.377 e. The molecule has 1 saturated heterocycles. The predicted octanol–water partition coefficient (Wildman–Crippen LogP) is 3.21. The van der Waals surface area contributed by atoms with Gasteiger partial charge < -0.3 is 10.5 Å². The molecule has 1 fully saturated rings. The summed E-state index contributed by atoms with van der Waals surface area (Å²) < 4.78 is 5.88. The second kappa shape index (κ2) is 7.92. The van der Waals surface area contributed by atoms with E-state index in [1.54, 1.807) is 0 Å². The molecule has 118 valence electrons. The lowest BCUT2D eigenvalue weighted by Crippen LogP contribution is -2.47. The van der Waals surface area contributed by atoms with Gasteiger partial charge in [0.05, 0.1) is 6.10 Å². The van der Waals surface area contributed by atoms with Crippen LogP contribution in [0.25, 0.3) is 0 Å². The number of rotatable bonds is 6. The summed E-state index contributed by atoms with van der Waals surface area (Å²) in [6, 6.07) is 10.8. The SMILES string of the molecule is CC(C)C(C(N)c1ccccc1)N(C)CC1CCCCO1. The van der Waals surface area contributed by atoms with Crippen LogP contribution in [0.5, 0.6) is 0 Å². The van der Waals surface area contributed by atoms with Crippen molar-refractivity contribution in [3.8, 4) is 0 Å². The summed E-state index contributed by atoms with van der Waals surface area (Å²) in [5, 5.41) is 0. The Bertz CT molecular complexity index is 401. The number of ether oxygens (including phenoxy) is 1. The average Bonchev–Trinajstić information content (AvgIpc) is 2.49. The van der Waals surface area contributed by atoms with E-state index in [1.165, 1.54) is 24.8 Å². The molecule has 3 unspecified atom stereocenters. The molecule has 1 heterocycles. The lowest BCUT2D eigenvalue weighted by atomic mass is 9.90. The summed E-state index contributed by atoms with van der Waals surface area (Å²) in [5.74, 6) is 0.508. The maximum atomic E-state index is 6.56. The minimum absolute atomic E-state index is 0.0415. The van der Waals surface area contributed by atoms with E-state index in [2.05, 4.69) is 50.1 Å². The van der Waals surface area contributed by atoms with Crippen molar-refractivity contribution in [1.29, 1.82) is 0 Å². The van der Waals surface area contributed by atoms with Gasteiger partial charge in [0.1, 0.15) is 0 Å². The minimum atomic E-state index is 0.0415. The van der Waals surface area contributed by atoms with Crippen LogP contribution in [0.1, 0.15) is 44.7 Å². The summed E-state index contributed by atoms with van der Waals surface area (Å²) >= 11 is 0. The molecular weight excluding hydrogens is 260 g/mol. The van der Waals surface area contributed by atoms with E-state index < -0.39 is 0 Å². The predicted molar refractivity (Wildman–Crippen MR) is 88.2 cm³/mol. The fraction of sp³-hybridized carbons (Fsp3) is 0.667. The molecule has 1 aromatic carbocycles. The first-order valence-electron chi connectivity index (χ1n) is 8.22. The van der Waals surface area contributed by atoms with E-state index in [0.29, 0.717) is 18.1 Å². The Morgan fingerprint density at radius 3 is 2.52 bits per heavy atom. The molecule has 2 N–H and O–H groups in total. The van der Waals surface area contributed by atoms with Gasteiger partial charge in [0, 0.05) is 25.2 Å². The first kappa shape index (κ1) is 16.5. The highest BCUT2D eigenvalue weighted by Gasteiger charge is 2.28. The molecule has 0 spiro atoms. The fourth-order valence-corrected chi connectivity index (χ4v) is 3.46. The van der Waals surface area contributed by atoms with E-state index >= 15 is 0 Å². The topological polar surface area (TPSA) is 38.5 Å². The molecule has 21 heavy (non-hydrogen) atoms. The highest BCUT2D eigenvalue weighted by Crippen LogP contribution is 2.25. The molecular formula is C18H30N2O. The zero-order chi connectivity index (χ0) is 15.2. The molecule has 2 rings (SSSR count). The van der Waals surface area contributed by atoms with Crippen LogP contribution in [-0.4, -0.2) is 37.2 Å². The summed E-state index contributed by atoms with van der Waals surface area (Å²) in [6.45, 7) is 6.40. The van der Waals surface area contributed by atoms with Crippen LogP contribution in [-0.2, 0) is 4.74 Å². The lowest BCUT2D eigenvalue weighted by Gasteiger charge is -2.38. The van der Waals surface area contributed by atoms with Crippen LogP contribution < -0.4 is 5.73 Å². The summed E-state index contributed by atoms with van der Waals surface area (Å²) in [7, 11) is 2.19. The van der Waals surface area contributed by atoms with Crippen LogP contribution in [0.2, 0.25) is 0 Å². The van der Waals surface area contributed by atoms with Gasteiger partial charge >= 0.3 is 0 Å². The number of nitrogens with two attached hydrogens (primary N) is 1. The Balaban J connectivity index is 2.03. The van der Waals surface area contributed by atoms with Crippen molar-refractivity contribution in [2.75, 3.05) is 20.2 Å². The molecule has 0 bridgehead atoms. The Kier molecular flexibility index (Phi) is 6.22. The normalized spacial score (nSPS) is 22.5. The van der Waals surface area contributed by atoms with Gasteiger partial charge in [-0.25, -0.2) is 0 Å². The van der Waals surface area contributed by atoms with Gasteiger partial charge in [-0.1, -0.05) is 44.2 Å². The van der Waals surface area contributed by atoms with Gasteiger partial charge in [0.2, 0.25) is 0 Å². The molecule has 0 radical (unpaired) electrons. The standard InChI is InChI=1S/C18H30N2O/c1-14(2)18(17(19)15-9-5-4-6-10-15)20(3)13-16-11-7-8-12-21-16/h4-6,9-10,14,16-18H,7-8,11-13,19H2,1-3H3. The second-order valence-electron chi connectivity index (χ2n) is 6.60. The smallest absolute Gasteiger partial charge is 0.0702 e. The van der Waals surface area contributed by atoms with Crippen LogP contribution in [0.4, 0.5) is 0 Å². The number of nitrogens with zero attached hydrogens (tertiary/aromatic N) is 1. The van der Waals surface area contributed by atoms with Crippen molar-refractivity contribution in [1.82, 2.24) is 4.90 Å². The molecule has 1 aliphatic heterocycles. The van der Waals surface area contributed by atoms with Crippen molar-refractivity contribution in [3.05, 3.63) is 35.9 Å². The van der Waals surface area contributed by atoms with Gasteiger partial charge in [0.25, 0.3) is 0 Å². The third-order valence-corrected chi connectivity index (χ3v) is 4.51. The Hall–Kier alpha value is -0.900. The van der Waals surface area contributed by atoms with E-state index in [0.717, 1.165) is 13.2 Å². The van der Waals surface area contributed by atoms with Crippen molar-refractivity contribution in [2.24, 2.45) is 11.7 Å². The maximum Gasteiger partial charge on any atom is 0.0702 e. The van der Waals surface area contributed by atoms with Gasteiger partial charge in [-0.2, -0.15) is 0 Å². The van der Waals surface area contributed by atoms with Crippen molar-refractivity contribution < 1.29 is 4.74 Å². The van der Waals surface area contributed by atoms with Crippen molar-refractivity contribution in [3.63, 3.8) is 0 Å². The van der Waals surface area contributed by atoms with Crippen molar-refractivity contribution >= 4 is 0 Å². The van der Waals surface area contributed by atoms with Gasteiger partial charge in [-0.15, -0.1) is 0 Å². The minimum Gasteiger partial charge on any atom is -0.377 e. The van der Waals surface area contributed by atoms with E-state index in [9.17, 15) is 0 Å². The Labute approximate surface area is 129 Å². The molecule has 1 aromatic rings. The highest BCUT2D eigenvalue weighted by molar-refractivity contribution is 5.20. The molecule has 1 aliphatic rings. The summed E-state index contributed by atoms with van der Waals surface area (Å²) in [6.07, 6.45) is 4.04. The molecule has 3 heteroatoms. The number of hydrogen-bond acceptors (Lipinski definition) is 3. The van der Waals surface area contributed by atoms with Gasteiger partial charge in [-0.05, 0) is 37.8 Å². The Morgan fingerprint density at radius 1 is 1.24 bits per heavy atom.